The number of anilines is 2. The molecule has 0 radical (unpaired) electrons. The van der Waals surface area contributed by atoms with E-state index < -0.39 is 0 Å². The number of nitrogen functional groups attached to an aromatic ring is 1. The summed E-state index contributed by atoms with van der Waals surface area (Å²) in [6.07, 6.45) is 0. The molecule has 2 rings (SSSR count). The second kappa shape index (κ2) is 4.47. The van der Waals surface area contributed by atoms with Crippen LogP contribution in [0.1, 0.15) is 6.92 Å². The van der Waals surface area contributed by atoms with E-state index >= 15 is 0 Å². The molecule has 3 nitrogen and oxygen atoms in total. The zero-order chi connectivity index (χ0) is 11.5. The van der Waals surface area contributed by atoms with Gasteiger partial charge in [0.2, 0.25) is 0 Å². The Morgan fingerprint density at radius 2 is 1.69 bits per heavy atom. The topological polar surface area (TPSA) is 32.5 Å². The van der Waals surface area contributed by atoms with E-state index in [4.69, 9.17) is 5.73 Å². The minimum absolute atomic E-state index is 0.823. The smallest absolute Gasteiger partial charge is 0.0368 e. The predicted molar refractivity (Wildman–Crippen MR) is 69.5 cm³/mol. The molecule has 1 fully saturated rings. The van der Waals surface area contributed by atoms with E-state index in [-0.39, 0.29) is 0 Å². The van der Waals surface area contributed by atoms with Gasteiger partial charge in [-0.2, -0.15) is 0 Å². The van der Waals surface area contributed by atoms with Crippen LogP contribution in [0.5, 0.6) is 0 Å². The SMILES string of the molecule is C=C(C)N1CCN(c2ccc(N)cc2)CC1. The molecule has 86 valence electrons. The van der Waals surface area contributed by atoms with Crippen molar-refractivity contribution >= 4 is 11.4 Å². The zero-order valence-corrected chi connectivity index (χ0v) is 9.82. The van der Waals surface area contributed by atoms with Gasteiger partial charge in [-0.3, -0.25) is 0 Å². The van der Waals surface area contributed by atoms with Crippen molar-refractivity contribution in [2.45, 2.75) is 6.92 Å². The molecule has 1 saturated heterocycles. The molecular weight excluding hydrogens is 198 g/mol. The fraction of sp³-hybridized carbons (Fsp3) is 0.385. The molecule has 16 heavy (non-hydrogen) atoms. The lowest BCUT2D eigenvalue weighted by molar-refractivity contribution is 0.323. The second-order valence-corrected chi connectivity index (χ2v) is 4.30. The Labute approximate surface area is 97.2 Å². The lowest BCUT2D eigenvalue weighted by Crippen LogP contribution is -2.45. The molecule has 1 aromatic rings. The fourth-order valence-corrected chi connectivity index (χ4v) is 2.03. The molecule has 2 N–H and O–H groups in total. The Hall–Kier alpha value is -1.64. The first-order valence-electron chi connectivity index (χ1n) is 5.68. The molecule has 0 amide bonds. The van der Waals surface area contributed by atoms with Gasteiger partial charge < -0.3 is 15.5 Å². The van der Waals surface area contributed by atoms with Crippen molar-refractivity contribution in [2.24, 2.45) is 0 Å². The third kappa shape index (κ3) is 2.30. The first-order valence-corrected chi connectivity index (χ1v) is 5.68. The number of benzene rings is 1. The van der Waals surface area contributed by atoms with Crippen molar-refractivity contribution < 1.29 is 0 Å². The van der Waals surface area contributed by atoms with Crippen LogP contribution >= 0.6 is 0 Å². The molecular formula is C13H19N3. The molecule has 0 aromatic heterocycles. The number of hydrogen-bond acceptors (Lipinski definition) is 3. The summed E-state index contributed by atoms with van der Waals surface area (Å²) in [4.78, 5) is 4.71. The average molecular weight is 217 g/mol. The van der Waals surface area contributed by atoms with E-state index in [2.05, 4.69) is 35.4 Å². The molecule has 0 saturated carbocycles. The molecule has 0 atom stereocenters. The van der Waals surface area contributed by atoms with Crippen LogP contribution in [0, 0.1) is 0 Å². The van der Waals surface area contributed by atoms with Crippen LogP contribution in [0.2, 0.25) is 0 Å². The van der Waals surface area contributed by atoms with Crippen LogP contribution in [-0.2, 0) is 0 Å². The Morgan fingerprint density at radius 1 is 1.12 bits per heavy atom. The third-order valence-electron chi connectivity index (χ3n) is 3.08. The van der Waals surface area contributed by atoms with Crippen molar-refractivity contribution in [1.29, 1.82) is 0 Å². The van der Waals surface area contributed by atoms with Gasteiger partial charge in [-0.25, -0.2) is 0 Å². The lowest BCUT2D eigenvalue weighted by atomic mass is 10.2. The highest BCUT2D eigenvalue weighted by Gasteiger charge is 2.16. The Morgan fingerprint density at radius 3 is 2.19 bits per heavy atom. The highest BCUT2D eigenvalue weighted by Crippen LogP contribution is 2.18. The summed E-state index contributed by atoms with van der Waals surface area (Å²) in [6, 6.07) is 8.10. The largest absolute Gasteiger partial charge is 0.399 e. The maximum absolute atomic E-state index is 5.68. The maximum Gasteiger partial charge on any atom is 0.0368 e. The van der Waals surface area contributed by atoms with E-state index in [0.717, 1.165) is 37.6 Å². The maximum atomic E-state index is 5.68. The molecule has 0 bridgehead atoms. The first kappa shape index (κ1) is 10.9. The van der Waals surface area contributed by atoms with Crippen LogP contribution in [0.25, 0.3) is 0 Å². The first-order chi connectivity index (χ1) is 7.66. The van der Waals surface area contributed by atoms with Gasteiger partial charge >= 0.3 is 0 Å². The van der Waals surface area contributed by atoms with Crippen LogP contribution in [0.3, 0.4) is 0 Å². The summed E-state index contributed by atoms with van der Waals surface area (Å²) in [5.74, 6) is 0. The van der Waals surface area contributed by atoms with Gasteiger partial charge in [-0.1, -0.05) is 6.58 Å². The summed E-state index contributed by atoms with van der Waals surface area (Å²) >= 11 is 0. The molecule has 1 heterocycles. The quantitative estimate of drug-likeness (QED) is 0.768. The number of allylic oxidation sites excluding steroid dienone is 1. The van der Waals surface area contributed by atoms with Crippen molar-refractivity contribution in [3.05, 3.63) is 36.5 Å². The molecule has 0 unspecified atom stereocenters. The van der Waals surface area contributed by atoms with Crippen molar-refractivity contribution in [3.8, 4) is 0 Å². The standard InChI is InChI=1S/C13H19N3/c1-11(2)15-7-9-16(10-8-15)13-5-3-12(14)4-6-13/h3-6H,1,7-10,14H2,2H3. The molecule has 0 spiro atoms. The van der Waals surface area contributed by atoms with Crippen LogP contribution < -0.4 is 10.6 Å². The number of piperazine rings is 1. The van der Waals surface area contributed by atoms with E-state index in [1.807, 2.05) is 12.1 Å². The third-order valence-corrected chi connectivity index (χ3v) is 3.08. The van der Waals surface area contributed by atoms with Gasteiger partial charge in [0, 0.05) is 43.3 Å². The van der Waals surface area contributed by atoms with Crippen LogP contribution in [-0.4, -0.2) is 31.1 Å². The summed E-state index contributed by atoms with van der Waals surface area (Å²) in [6.45, 7) is 10.3. The van der Waals surface area contributed by atoms with Crippen LogP contribution in [0.4, 0.5) is 11.4 Å². The van der Waals surface area contributed by atoms with Gasteiger partial charge in [-0.15, -0.1) is 0 Å². The van der Waals surface area contributed by atoms with Gasteiger partial charge in [0.15, 0.2) is 0 Å². The molecule has 1 aliphatic heterocycles. The fourth-order valence-electron chi connectivity index (χ4n) is 2.03. The number of rotatable bonds is 2. The van der Waals surface area contributed by atoms with E-state index in [1.54, 1.807) is 0 Å². The zero-order valence-electron chi connectivity index (χ0n) is 9.82. The van der Waals surface area contributed by atoms with Gasteiger partial charge in [0.25, 0.3) is 0 Å². The number of nitrogens with zero attached hydrogens (tertiary/aromatic N) is 2. The molecule has 1 aliphatic rings. The number of nitrogens with two attached hydrogens (primary N) is 1. The number of hydrogen-bond donors (Lipinski definition) is 1. The molecule has 0 aliphatic carbocycles. The Kier molecular flexibility index (Phi) is 3.04. The van der Waals surface area contributed by atoms with Gasteiger partial charge in [0.05, 0.1) is 0 Å². The Balaban J connectivity index is 1.99. The summed E-state index contributed by atoms with van der Waals surface area (Å²) in [5.41, 5.74) is 8.93. The van der Waals surface area contributed by atoms with Gasteiger partial charge in [-0.05, 0) is 31.2 Å². The predicted octanol–water partition coefficient (Wildman–Crippen LogP) is 1.92. The minimum atomic E-state index is 0.823. The van der Waals surface area contributed by atoms with Crippen molar-refractivity contribution in [2.75, 3.05) is 36.8 Å². The van der Waals surface area contributed by atoms with Crippen molar-refractivity contribution in [1.82, 2.24) is 4.90 Å². The average Bonchev–Trinajstić information content (AvgIpc) is 2.30. The monoisotopic (exact) mass is 217 g/mol. The normalized spacial score (nSPS) is 16.3. The minimum Gasteiger partial charge on any atom is -0.399 e. The van der Waals surface area contributed by atoms with E-state index in [0.29, 0.717) is 0 Å². The lowest BCUT2D eigenvalue weighted by Gasteiger charge is -2.37. The van der Waals surface area contributed by atoms with E-state index in [1.165, 1.54) is 5.69 Å². The summed E-state index contributed by atoms with van der Waals surface area (Å²) < 4.78 is 0. The Bertz CT molecular complexity index is 361. The molecule has 3 heteroatoms. The van der Waals surface area contributed by atoms with Crippen LogP contribution in [0.15, 0.2) is 36.5 Å². The highest BCUT2D eigenvalue weighted by molar-refractivity contribution is 5.53. The summed E-state index contributed by atoms with van der Waals surface area (Å²) in [7, 11) is 0. The summed E-state index contributed by atoms with van der Waals surface area (Å²) in [5, 5.41) is 0. The second-order valence-electron chi connectivity index (χ2n) is 4.30. The highest BCUT2D eigenvalue weighted by atomic mass is 15.3. The van der Waals surface area contributed by atoms with Gasteiger partial charge in [0.1, 0.15) is 0 Å². The molecule has 1 aromatic carbocycles. The van der Waals surface area contributed by atoms with E-state index in [9.17, 15) is 0 Å². The van der Waals surface area contributed by atoms with Crippen molar-refractivity contribution in [3.63, 3.8) is 0 Å².